The van der Waals surface area contributed by atoms with Gasteiger partial charge in [0.25, 0.3) is 0 Å². The van der Waals surface area contributed by atoms with Crippen molar-refractivity contribution in [2.75, 3.05) is 0 Å². The van der Waals surface area contributed by atoms with Crippen molar-refractivity contribution >= 4 is 10.9 Å². The molecule has 0 bridgehead atoms. The number of H-pyrrole nitrogens is 1. The molecule has 3 aromatic rings. The molecule has 0 aliphatic rings. The number of benzene rings is 2. The van der Waals surface area contributed by atoms with E-state index in [1.165, 1.54) is 12.1 Å². The molecule has 0 saturated carbocycles. The number of nitrogens with one attached hydrogen (secondary N) is 2. The van der Waals surface area contributed by atoms with Crippen LogP contribution in [0.5, 0.6) is 0 Å². The Bertz CT molecular complexity index is 737. The van der Waals surface area contributed by atoms with Gasteiger partial charge in [0.2, 0.25) is 0 Å². The van der Waals surface area contributed by atoms with Crippen LogP contribution >= 0.6 is 0 Å². The molecule has 0 aliphatic carbocycles. The van der Waals surface area contributed by atoms with Crippen LogP contribution in [0.15, 0.2) is 42.6 Å². The number of fused-ring (bicyclic) bond motifs is 1. The Kier molecular flexibility index (Phi) is 3.43. The highest BCUT2D eigenvalue weighted by Crippen LogP contribution is 2.13. The molecule has 3 nitrogen and oxygen atoms in total. The van der Waals surface area contributed by atoms with Gasteiger partial charge in [-0.25, -0.2) is 8.78 Å². The first-order valence-corrected chi connectivity index (χ1v) is 6.29. The second-order valence-corrected chi connectivity index (χ2v) is 4.63. The Balaban J connectivity index is 1.64. The van der Waals surface area contributed by atoms with E-state index in [2.05, 4.69) is 15.5 Å². The van der Waals surface area contributed by atoms with Crippen molar-refractivity contribution in [2.24, 2.45) is 0 Å². The van der Waals surface area contributed by atoms with Crippen molar-refractivity contribution in [2.45, 2.75) is 13.1 Å². The zero-order chi connectivity index (χ0) is 13.9. The van der Waals surface area contributed by atoms with E-state index in [4.69, 9.17) is 0 Å². The highest BCUT2D eigenvalue weighted by atomic mass is 19.1. The third-order valence-electron chi connectivity index (χ3n) is 3.17. The molecule has 0 aliphatic heterocycles. The Morgan fingerprint density at radius 1 is 1.05 bits per heavy atom. The average molecular weight is 273 g/mol. The maximum absolute atomic E-state index is 13.4. The largest absolute Gasteiger partial charge is 0.309 e. The first-order valence-electron chi connectivity index (χ1n) is 6.29. The molecule has 3 rings (SSSR count). The molecule has 1 heterocycles. The topological polar surface area (TPSA) is 40.7 Å². The minimum absolute atomic E-state index is 0.354. The summed E-state index contributed by atoms with van der Waals surface area (Å²) in [5, 5.41) is 11.1. The van der Waals surface area contributed by atoms with E-state index in [-0.39, 0.29) is 0 Å². The summed E-state index contributed by atoms with van der Waals surface area (Å²) in [5.74, 6) is -1.09. The van der Waals surface area contributed by atoms with E-state index >= 15 is 0 Å². The molecule has 0 radical (unpaired) electrons. The van der Waals surface area contributed by atoms with E-state index in [1.54, 1.807) is 6.20 Å². The van der Waals surface area contributed by atoms with Gasteiger partial charge in [0, 0.05) is 30.1 Å². The number of halogens is 2. The standard InChI is InChI=1S/C15H13F2N3/c16-13-4-3-11(14(17)6-13)8-18-7-10-1-2-12-9-19-20-15(12)5-10/h1-6,9,18H,7-8H2,(H,19,20). The molecule has 0 atom stereocenters. The fourth-order valence-corrected chi connectivity index (χ4v) is 2.10. The summed E-state index contributed by atoms with van der Waals surface area (Å²) in [6, 6.07) is 9.58. The SMILES string of the molecule is Fc1ccc(CNCc2ccc3cn[nH]c3c2)c(F)c1. The number of aromatic amines is 1. The molecule has 0 saturated heterocycles. The summed E-state index contributed by atoms with van der Waals surface area (Å²) in [4.78, 5) is 0. The molecular weight excluding hydrogens is 260 g/mol. The maximum atomic E-state index is 13.4. The summed E-state index contributed by atoms with van der Waals surface area (Å²) in [6.07, 6.45) is 1.76. The number of hydrogen-bond acceptors (Lipinski definition) is 2. The van der Waals surface area contributed by atoms with Gasteiger partial charge in [0.1, 0.15) is 11.6 Å². The van der Waals surface area contributed by atoms with Gasteiger partial charge in [-0.05, 0) is 17.7 Å². The minimum Gasteiger partial charge on any atom is -0.309 e. The molecule has 2 aromatic carbocycles. The van der Waals surface area contributed by atoms with Gasteiger partial charge in [0.15, 0.2) is 0 Å². The summed E-state index contributed by atoms with van der Waals surface area (Å²) in [6.45, 7) is 0.957. The van der Waals surface area contributed by atoms with Crippen LogP contribution in [-0.2, 0) is 13.1 Å². The van der Waals surface area contributed by atoms with Gasteiger partial charge in [-0.15, -0.1) is 0 Å². The molecule has 2 N–H and O–H groups in total. The molecule has 0 amide bonds. The summed E-state index contributed by atoms with van der Waals surface area (Å²) in [5.41, 5.74) is 2.50. The van der Waals surface area contributed by atoms with E-state index in [0.29, 0.717) is 18.7 Å². The van der Waals surface area contributed by atoms with Crippen molar-refractivity contribution in [1.82, 2.24) is 15.5 Å². The Labute approximate surface area is 114 Å². The fraction of sp³-hybridized carbons (Fsp3) is 0.133. The zero-order valence-corrected chi connectivity index (χ0v) is 10.7. The van der Waals surface area contributed by atoms with Crippen LogP contribution in [0.1, 0.15) is 11.1 Å². The van der Waals surface area contributed by atoms with Crippen LogP contribution in [0.4, 0.5) is 8.78 Å². The molecule has 102 valence electrons. The third-order valence-corrected chi connectivity index (χ3v) is 3.17. The van der Waals surface area contributed by atoms with Gasteiger partial charge in [-0.1, -0.05) is 18.2 Å². The van der Waals surface area contributed by atoms with Gasteiger partial charge >= 0.3 is 0 Å². The van der Waals surface area contributed by atoms with Crippen molar-refractivity contribution in [3.63, 3.8) is 0 Å². The van der Waals surface area contributed by atoms with Crippen LogP contribution in [0.25, 0.3) is 10.9 Å². The van der Waals surface area contributed by atoms with E-state index < -0.39 is 11.6 Å². The van der Waals surface area contributed by atoms with E-state index in [9.17, 15) is 8.78 Å². The maximum Gasteiger partial charge on any atom is 0.130 e. The number of aromatic nitrogens is 2. The lowest BCUT2D eigenvalue weighted by molar-refractivity contribution is 0.560. The highest BCUT2D eigenvalue weighted by Gasteiger charge is 2.03. The monoisotopic (exact) mass is 273 g/mol. The molecular formula is C15H13F2N3. The quantitative estimate of drug-likeness (QED) is 0.766. The van der Waals surface area contributed by atoms with E-state index in [0.717, 1.165) is 22.5 Å². The Morgan fingerprint density at radius 3 is 2.80 bits per heavy atom. The number of nitrogens with zero attached hydrogens (tertiary/aromatic N) is 1. The van der Waals surface area contributed by atoms with Gasteiger partial charge in [0.05, 0.1) is 11.7 Å². The minimum atomic E-state index is -0.559. The lowest BCUT2D eigenvalue weighted by atomic mass is 10.1. The van der Waals surface area contributed by atoms with Crippen molar-refractivity contribution < 1.29 is 8.78 Å². The molecule has 0 fully saturated rings. The third kappa shape index (κ3) is 2.67. The van der Waals surface area contributed by atoms with Gasteiger partial charge in [-0.2, -0.15) is 5.10 Å². The second kappa shape index (κ2) is 5.38. The highest BCUT2D eigenvalue weighted by molar-refractivity contribution is 5.78. The number of hydrogen-bond donors (Lipinski definition) is 2. The molecule has 1 aromatic heterocycles. The Morgan fingerprint density at radius 2 is 1.95 bits per heavy atom. The summed E-state index contributed by atoms with van der Waals surface area (Å²) in [7, 11) is 0. The molecule has 0 spiro atoms. The lowest BCUT2D eigenvalue weighted by Crippen LogP contribution is -2.13. The average Bonchev–Trinajstić information content (AvgIpc) is 2.89. The van der Waals surface area contributed by atoms with E-state index in [1.807, 2.05) is 18.2 Å². The predicted molar refractivity (Wildman–Crippen MR) is 73.0 cm³/mol. The first-order chi connectivity index (χ1) is 9.72. The summed E-state index contributed by atoms with van der Waals surface area (Å²) >= 11 is 0. The van der Waals surface area contributed by atoms with Gasteiger partial charge < -0.3 is 5.32 Å². The predicted octanol–water partition coefficient (Wildman–Crippen LogP) is 3.13. The van der Waals surface area contributed by atoms with Crippen molar-refractivity contribution in [3.05, 3.63) is 65.4 Å². The molecule has 0 unspecified atom stereocenters. The Hall–Kier alpha value is -2.27. The zero-order valence-electron chi connectivity index (χ0n) is 10.7. The molecule has 20 heavy (non-hydrogen) atoms. The van der Waals surface area contributed by atoms with Crippen LogP contribution in [0, 0.1) is 11.6 Å². The second-order valence-electron chi connectivity index (χ2n) is 4.63. The van der Waals surface area contributed by atoms with Crippen LogP contribution in [0.2, 0.25) is 0 Å². The summed E-state index contributed by atoms with van der Waals surface area (Å²) < 4.78 is 26.2. The number of rotatable bonds is 4. The van der Waals surface area contributed by atoms with Crippen molar-refractivity contribution in [1.29, 1.82) is 0 Å². The van der Waals surface area contributed by atoms with Crippen LogP contribution in [-0.4, -0.2) is 10.2 Å². The molecule has 5 heteroatoms. The lowest BCUT2D eigenvalue weighted by Gasteiger charge is -2.06. The fourth-order valence-electron chi connectivity index (χ4n) is 2.10. The van der Waals surface area contributed by atoms with Crippen molar-refractivity contribution in [3.8, 4) is 0 Å². The smallest absolute Gasteiger partial charge is 0.130 e. The first kappa shape index (κ1) is 12.7. The van der Waals surface area contributed by atoms with Crippen LogP contribution in [0.3, 0.4) is 0 Å². The van der Waals surface area contributed by atoms with Gasteiger partial charge in [-0.3, -0.25) is 5.10 Å². The normalized spacial score (nSPS) is 11.1. The van der Waals surface area contributed by atoms with Crippen LogP contribution < -0.4 is 5.32 Å².